The summed E-state index contributed by atoms with van der Waals surface area (Å²) in [5, 5.41) is 0. The predicted octanol–water partition coefficient (Wildman–Crippen LogP) is 2.32. The first kappa shape index (κ1) is 17.5. The topological polar surface area (TPSA) is 55.6 Å². The molecular formula is C15H18F4N2O2. The summed E-state index contributed by atoms with van der Waals surface area (Å²) in [6.45, 7) is 1.92. The summed E-state index contributed by atoms with van der Waals surface area (Å²) in [5.41, 5.74) is 5.92. The van der Waals surface area contributed by atoms with Crippen molar-refractivity contribution in [1.29, 1.82) is 0 Å². The molecule has 1 aliphatic rings. The van der Waals surface area contributed by atoms with Crippen LogP contribution in [-0.2, 0) is 11.3 Å². The molecule has 4 nitrogen and oxygen atoms in total. The first-order valence-corrected chi connectivity index (χ1v) is 7.15. The smallest absolute Gasteiger partial charge is 0.422 e. The van der Waals surface area contributed by atoms with Gasteiger partial charge in [-0.05, 0) is 23.6 Å². The average Bonchev–Trinajstić information content (AvgIpc) is 2.77. The van der Waals surface area contributed by atoms with Gasteiger partial charge in [0.2, 0.25) is 5.91 Å². The standard InChI is InChI=1S/C15H18F4N2O2/c1-9-5-21(7-11(9)14(20)22)6-10-2-3-13(12(16)4-10)23-8-15(17,18)19/h2-4,9,11H,5-8H2,1H3,(H2,20,22)/t9-,11-/m1/s1. The van der Waals surface area contributed by atoms with Gasteiger partial charge in [0.1, 0.15) is 0 Å². The van der Waals surface area contributed by atoms with Gasteiger partial charge < -0.3 is 10.5 Å². The number of ether oxygens (including phenoxy) is 1. The lowest BCUT2D eigenvalue weighted by Gasteiger charge is -2.16. The zero-order valence-electron chi connectivity index (χ0n) is 12.6. The largest absolute Gasteiger partial charge is 0.481 e. The molecule has 1 aromatic carbocycles. The van der Waals surface area contributed by atoms with Crippen LogP contribution in [0.25, 0.3) is 0 Å². The lowest BCUT2D eigenvalue weighted by molar-refractivity contribution is -0.153. The summed E-state index contributed by atoms with van der Waals surface area (Å²) in [6, 6.07) is 3.84. The molecule has 0 spiro atoms. The number of alkyl halides is 3. The highest BCUT2D eigenvalue weighted by Gasteiger charge is 2.33. The summed E-state index contributed by atoms with van der Waals surface area (Å²) < 4.78 is 54.4. The molecule has 0 saturated carbocycles. The van der Waals surface area contributed by atoms with Gasteiger partial charge in [0.25, 0.3) is 0 Å². The number of benzene rings is 1. The Kier molecular flexibility index (Phi) is 5.13. The quantitative estimate of drug-likeness (QED) is 0.841. The number of hydrogen-bond donors (Lipinski definition) is 1. The molecule has 0 bridgehead atoms. The van der Waals surface area contributed by atoms with Crippen LogP contribution in [0.1, 0.15) is 12.5 Å². The van der Waals surface area contributed by atoms with Crippen molar-refractivity contribution in [3.05, 3.63) is 29.6 Å². The minimum absolute atomic E-state index is 0.117. The number of hydrogen-bond acceptors (Lipinski definition) is 3. The predicted molar refractivity (Wildman–Crippen MR) is 75.1 cm³/mol. The van der Waals surface area contributed by atoms with Crippen LogP contribution in [0.5, 0.6) is 5.75 Å². The fraction of sp³-hybridized carbons (Fsp3) is 0.533. The Balaban J connectivity index is 1.97. The van der Waals surface area contributed by atoms with Crippen molar-refractivity contribution in [3.8, 4) is 5.75 Å². The Morgan fingerprint density at radius 3 is 2.61 bits per heavy atom. The lowest BCUT2D eigenvalue weighted by Crippen LogP contribution is -2.29. The van der Waals surface area contributed by atoms with Gasteiger partial charge in [-0.3, -0.25) is 9.69 Å². The second-order valence-corrected chi connectivity index (χ2v) is 5.85. The number of likely N-dealkylation sites (tertiary alicyclic amines) is 1. The van der Waals surface area contributed by atoms with Crippen LogP contribution in [0.15, 0.2) is 18.2 Å². The van der Waals surface area contributed by atoms with Crippen molar-refractivity contribution in [1.82, 2.24) is 4.90 Å². The maximum absolute atomic E-state index is 13.8. The maximum atomic E-state index is 13.8. The van der Waals surface area contributed by atoms with E-state index in [0.29, 0.717) is 25.2 Å². The lowest BCUT2D eigenvalue weighted by atomic mass is 9.98. The van der Waals surface area contributed by atoms with E-state index >= 15 is 0 Å². The Morgan fingerprint density at radius 2 is 2.09 bits per heavy atom. The molecule has 1 heterocycles. The Morgan fingerprint density at radius 1 is 1.39 bits per heavy atom. The minimum atomic E-state index is -4.51. The van der Waals surface area contributed by atoms with Gasteiger partial charge in [0.15, 0.2) is 18.2 Å². The fourth-order valence-electron chi connectivity index (χ4n) is 2.74. The van der Waals surface area contributed by atoms with Gasteiger partial charge in [-0.2, -0.15) is 13.2 Å². The third-order valence-corrected chi connectivity index (χ3v) is 3.85. The Labute approximate surface area is 131 Å². The van der Waals surface area contributed by atoms with Crippen molar-refractivity contribution >= 4 is 5.91 Å². The van der Waals surface area contributed by atoms with Crippen molar-refractivity contribution in [3.63, 3.8) is 0 Å². The minimum Gasteiger partial charge on any atom is -0.481 e. The van der Waals surface area contributed by atoms with E-state index in [0.717, 1.165) is 6.07 Å². The second-order valence-electron chi connectivity index (χ2n) is 5.85. The zero-order valence-corrected chi connectivity index (χ0v) is 12.6. The molecule has 1 amide bonds. The molecule has 8 heteroatoms. The first-order valence-electron chi connectivity index (χ1n) is 7.15. The van der Waals surface area contributed by atoms with Crippen LogP contribution in [0, 0.1) is 17.7 Å². The van der Waals surface area contributed by atoms with Gasteiger partial charge >= 0.3 is 6.18 Å². The zero-order chi connectivity index (χ0) is 17.2. The number of halogens is 4. The summed E-state index contributed by atoms with van der Waals surface area (Å²) in [7, 11) is 0. The number of amides is 1. The molecule has 0 unspecified atom stereocenters. The van der Waals surface area contributed by atoms with E-state index in [1.807, 2.05) is 11.8 Å². The van der Waals surface area contributed by atoms with Crippen LogP contribution < -0.4 is 10.5 Å². The molecular weight excluding hydrogens is 316 g/mol. The van der Waals surface area contributed by atoms with Gasteiger partial charge in [-0.1, -0.05) is 13.0 Å². The number of primary amides is 1. The number of nitrogens with zero attached hydrogens (tertiary/aromatic N) is 1. The van der Waals surface area contributed by atoms with Crippen LogP contribution in [0.3, 0.4) is 0 Å². The van der Waals surface area contributed by atoms with E-state index in [9.17, 15) is 22.4 Å². The molecule has 23 heavy (non-hydrogen) atoms. The third kappa shape index (κ3) is 4.82. The van der Waals surface area contributed by atoms with Crippen molar-refractivity contribution < 1.29 is 27.1 Å². The Hall–Kier alpha value is -1.83. The highest BCUT2D eigenvalue weighted by molar-refractivity contribution is 5.77. The molecule has 0 radical (unpaired) electrons. The molecule has 0 aromatic heterocycles. The molecule has 1 fully saturated rings. The van der Waals surface area contributed by atoms with Gasteiger partial charge in [0.05, 0.1) is 5.92 Å². The van der Waals surface area contributed by atoms with E-state index in [1.54, 1.807) is 0 Å². The van der Waals surface area contributed by atoms with Crippen molar-refractivity contribution in [2.45, 2.75) is 19.6 Å². The van der Waals surface area contributed by atoms with E-state index in [-0.39, 0.29) is 17.7 Å². The van der Waals surface area contributed by atoms with Gasteiger partial charge in [-0.15, -0.1) is 0 Å². The highest BCUT2D eigenvalue weighted by Crippen LogP contribution is 2.26. The normalized spacial score (nSPS) is 22.3. The summed E-state index contributed by atoms with van der Waals surface area (Å²) in [4.78, 5) is 13.3. The Bertz CT molecular complexity index is 577. The van der Waals surface area contributed by atoms with E-state index in [1.165, 1.54) is 12.1 Å². The van der Waals surface area contributed by atoms with Gasteiger partial charge in [0, 0.05) is 19.6 Å². The van der Waals surface area contributed by atoms with Crippen LogP contribution >= 0.6 is 0 Å². The van der Waals surface area contributed by atoms with Crippen LogP contribution in [-0.4, -0.2) is 36.7 Å². The monoisotopic (exact) mass is 334 g/mol. The van der Waals surface area contributed by atoms with Crippen molar-refractivity contribution in [2.75, 3.05) is 19.7 Å². The summed E-state index contributed by atoms with van der Waals surface area (Å²) in [5.74, 6) is -1.76. The van der Waals surface area contributed by atoms with Crippen LogP contribution in [0.2, 0.25) is 0 Å². The molecule has 1 aromatic rings. The molecule has 2 N–H and O–H groups in total. The first-order chi connectivity index (χ1) is 10.7. The number of rotatable bonds is 5. The second kappa shape index (κ2) is 6.74. The molecule has 0 aliphatic carbocycles. The number of nitrogens with two attached hydrogens (primary N) is 1. The molecule has 2 atom stereocenters. The third-order valence-electron chi connectivity index (χ3n) is 3.85. The fourth-order valence-corrected chi connectivity index (χ4v) is 2.74. The number of carbonyl (C=O) groups is 1. The average molecular weight is 334 g/mol. The van der Waals surface area contributed by atoms with E-state index in [2.05, 4.69) is 4.74 Å². The summed E-state index contributed by atoms with van der Waals surface area (Å²) >= 11 is 0. The van der Waals surface area contributed by atoms with Crippen LogP contribution in [0.4, 0.5) is 17.6 Å². The molecule has 1 aliphatic heterocycles. The van der Waals surface area contributed by atoms with Gasteiger partial charge in [-0.25, -0.2) is 4.39 Å². The van der Waals surface area contributed by atoms with E-state index < -0.39 is 24.3 Å². The maximum Gasteiger partial charge on any atom is 0.422 e. The molecule has 128 valence electrons. The SMILES string of the molecule is C[C@@H]1CN(Cc2ccc(OCC(F)(F)F)c(F)c2)C[C@H]1C(N)=O. The van der Waals surface area contributed by atoms with E-state index in [4.69, 9.17) is 5.73 Å². The number of carbonyl (C=O) groups excluding carboxylic acids is 1. The highest BCUT2D eigenvalue weighted by atomic mass is 19.4. The summed E-state index contributed by atoms with van der Waals surface area (Å²) in [6.07, 6.45) is -4.51. The molecule has 2 rings (SSSR count). The van der Waals surface area contributed by atoms with Crippen molar-refractivity contribution in [2.24, 2.45) is 17.6 Å². The molecule has 1 saturated heterocycles.